The number of hydrogen-bond donors (Lipinski definition) is 1. The van der Waals surface area contributed by atoms with Gasteiger partial charge in [-0.15, -0.1) is 11.3 Å². The van der Waals surface area contributed by atoms with E-state index in [-0.39, 0.29) is 22.1 Å². The molecule has 2 aromatic heterocycles. The quantitative estimate of drug-likeness (QED) is 0.513. The first-order chi connectivity index (χ1) is 15.7. The van der Waals surface area contributed by atoms with Crippen molar-refractivity contribution in [3.05, 3.63) is 50.4 Å². The van der Waals surface area contributed by atoms with Crippen LogP contribution in [0, 0.1) is 27.7 Å². The van der Waals surface area contributed by atoms with E-state index in [4.69, 9.17) is 4.42 Å². The summed E-state index contributed by atoms with van der Waals surface area (Å²) in [6, 6.07) is 3.97. The van der Waals surface area contributed by atoms with Gasteiger partial charge in [0.2, 0.25) is 10.0 Å². The number of nitrogens with zero attached hydrogens (tertiary/aromatic N) is 1. The highest BCUT2D eigenvalue weighted by molar-refractivity contribution is 7.89. The topological polar surface area (TPSA) is 79.6 Å². The molecule has 0 bridgehead atoms. The second kappa shape index (κ2) is 9.60. The lowest BCUT2D eigenvalue weighted by Gasteiger charge is -2.19. The third-order valence-electron chi connectivity index (χ3n) is 6.66. The van der Waals surface area contributed by atoms with Crippen molar-refractivity contribution < 1.29 is 17.6 Å². The zero-order valence-corrected chi connectivity index (χ0v) is 21.4. The van der Waals surface area contributed by atoms with Crippen LogP contribution in [-0.2, 0) is 16.4 Å². The molecule has 6 nitrogen and oxygen atoms in total. The molecule has 8 heteroatoms. The van der Waals surface area contributed by atoms with Gasteiger partial charge in [0, 0.05) is 35.5 Å². The summed E-state index contributed by atoms with van der Waals surface area (Å²) in [5, 5.41) is 2.70. The predicted molar refractivity (Wildman–Crippen MR) is 133 cm³/mol. The van der Waals surface area contributed by atoms with E-state index in [9.17, 15) is 13.2 Å². The largest absolute Gasteiger partial charge is 0.449 e. The molecular formula is C25H32N2O4S2. The van der Waals surface area contributed by atoms with Crippen LogP contribution in [0.1, 0.15) is 63.4 Å². The van der Waals surface area contributed by atoms with E-state index in [2.05, 4.69) is 4.72 Å². The molecule has 1 aromatic carbocycles. The number of carbonyl (C=O) groups is 1. The highest BCUT2D eigenvalue weighted by atomic mass is 32.2. The van der Waals surface area contributed by atoms with Crippen LogP contribution in [-0.4, -0.2) is 38.9 Å². The van der Waals surface area contributed by atoms with Gasteiger partial charge >= 0.3 is 0 Å². The van der Waals surface area contributed by atoms with Crippen molar-refractivity contribution >= 4 is 38.2 Å². The normalized spacial score (nSPS) is 15.2. The Hall–Kier alpha value is -2.16. The standard InChI is InChI=1S/C25H32N2O4S2/c1-16-10-14-32-21(16)9-11-26-33(29,30)24-18(3)17(2)15-20-19(4)22(31-23(20)24)25(28)27-12-7-5-6-8-13-27/h10,14-15,26H,5-9,11-13H2,1-4H3. The van der Waals surface area contributed by atoms with Crippen molar-refractivity contribution in [2.24, 2.45) is 0 Å². The van der Waals surface area contributed by atoms with E-state index in [1.165, 1.54) is 10.4 Å². The molecular weight excluding hydrogens is 456 g/mol. The summed E-state index contributed by atoms with van der Waals surface area (Å²) in [6.45, 7) is 9.28. The third kappa shape index (κ3) is 4.74. The van der Waals surface area contributed by atoms with Gasteiger partial charge in [0.15, 0.2) is 11.3 Å². The Bertz CT molecular complexity index is 1280. The lowest BCUT2D eigenvalue weighted by Crippen LogP contribution is -2.31. The number of fused-ring (bicyclic) bond motifs is 1. The van der Waals surface area contributed by atoms with Crippen molar-refractivity contribution in [3.63, 3.8) is 0 Å². The minimum atomic E-state index is -3.83. The fourth-order valence-corrected chi connectivity index (χ4v) is 6.90. The van der Waals surface area contributed by atoms with Gasteiger partial charge in [-0.1, -0.05) is 12.8 Å². The molecule has 178 valence electrons. The summed E-state index contributed by atoms with van der Waals surface area (Å²) in [4.78, 5) is 16.4. The SMILES string of the molecule is Cc1ccsc1CCNS(=O)(=O)c1c(C)c(C)cc2c(C)c(C(=O)N3CCCCCC3)oc12. The predicted octanol–water partition coefficient (Wildman–Crippen LogP) is 5.27. The van der Waals surface area contributed by atoms with E-state index in [1.807, 2.05) is 43.2 Å². The Balaban J connectivity index is 1.70. The maximum atomic E-state index is 13.4. The van der Waals surface area contributed by atoms with Crippen molar-refractivity contribution in [1.29, 1.82) is 0 Å². The summed E-state index contributed by atoms with van der Waals surface area (Å²) in [5.41, 5.74) is 3.65. The molecule has 33 heavy (non-hydrogen) atoms. The number of benzene rings is 1. The van der Waals surface area contributed by atoms with Gasteiger partial charge in [0.05, 0.1) is 0 Å². The van der Waals surface area contributed by atoms with E-state index < -0.39 is 10.0 Å². The van der Waals surface area contributed by atoms with E-state index in [0.717, 1.165) is 31.2 Å². The summed E-state index contributed by atoms with van der Waals surface area (Å²) < 4.78 is 35.6. The number of rotatable bonds is 6. The van der Waals surface area contributed by atoms with Crippen LogP contribution < -0.4 is 4.72 Å². The molecule has 1 N–H and O–H groups in total. The minimum absolute atomic E-state index is 0.137. The van der Waals surface area contributed by atoms with Gasteiger partial charge in [0.1, 0.15) is 4.90 Å². The van der Waals surface area contributed by atoms with Crippen LogP contribution in [0.3, 0.4) is 0 Å². The number of thiophene rings is 1. The van der Waals surface area contributed by atoms with Crippen LogP contribution >= 0.6 is 11.3 Å². The highest BCUT2D eigenvalue weighted by Gasteiger charge is 2.29. The molecule has 1 aliphatic heterocycles. The maximum absolute atomic E-state index is 13.4. The van der Waals surface area contributed by atoms with Gasteiger partial charge in [-0.3, -0.25) is 4.79 Å². The molecule has 1 saturated heterocycles. The molecule has 0 radical (unpaired) electrons. The maximum Gasteiger partial charge on any atom is 0.289 e. The molecule has 1 amide bonds. The zero-order valence-electron chi connectivity index (χ0n) is 19.8. The smallest absolute Gasteiger partial charge is 0.289 e. The number of nitrogens with one attached hydrogen (secondary N) is 1. The Kier molecular flexibility index (Phi) is 6.98. The molecule has 0 atom stereocenters. The molecule has 0 saturated carbocycles. The molecule has 0 unspecified atom stereocenters. The fraction of sp³-hybridized carbons (Fsp3) is 0.480. The molecule has 3 aromatic rings. The van der Waals surface area contributed by atoms with Crippen molar-refractivity contribution in [1.82, 2.24) is 9.62 Å². The Morgan fingerprint density at radius 3 is 2.39 bits per heavy atom. The second-order valence-electron chi connectivity index (χ2n) is 8.96. The number of likely N-dealkylation sites (tertiary alicyclic amines) is 1. The van der Waals surface area contributed by atoms with Gasteiger partial charge in [-0.05, 0) is 81.2 Å². The zero-order chi connectivity index (χ0) is 23.8. The summed E-state index contributed by atoms with van der Waals surface area (Å²) in [7, 11) is -3.83. The number of carbonyl (C=O) groups excluding carboxylic acids is 1. The van der Waals surface area contributed by atoms with Crippen molar-refractivity contribution in [3.8, 4) is 0 Å². The van der Waals surface area contributed by atoms with Gasteiger partial charge in [-0.25, -0.2) is 13.1 Å². The minimum Gasteiger partial charge on any atom is -0.449 e. The Labute approximate surface area is 200 Å². The molecule has 1 aliphatic rings. The molecule has 0 aliphatic carbocycles. The van der Waals surface area contributed by atoms with Gasteiger partial charge in [-0.2, -0.15) is 0 Å². The first-order valence-corrected chi connectivity index (χ1v) is 13.9. The Morgan fingerprint density at radius 2 is 1.76 bits per heavy atom. The van der Waals surface area contributed by atoms with Crippen LogP contribution in [0.25, 0.3) is 11.0 Å². The van der Waals surface area contributed by atoms with Crippen LogP contribution in [0.4, 0.5) is 0 Å². The lowest BCUT2D eigenvalue weighted by molar-refractivity contribution is 0.0731. The molecule has 0 spiro atoms. The summed E-state index contributed by atoms with van der Waals surface area (Å²) in [5.74, 6) is 0.105. The molecule has 4 rings (SSSR count). The Morgan fingerprint density at radius 1 is 1.06 bits per heavy atom. The van der Waals surface area contributed by atoms with E-state index in [0.29, 0.717) is 42.6 Å². The monoisotopic (exact) mass is 488 g/mol. The first kappa shape index (κ1) is 24.0. The number of furan rings is 1. The number of sulfonamides is 1. The fourth-order valence-electron chi connectivity index (χ4n) is 4.52. The number of hydrogen-bond acceptors (Lipinski definition) is 5. The number of aryl methyl sites for hydroxylation is 3. The van der Waals surface area contributed by atoms with Crippen molar-refractivity contribution in [2.45, 2.75) is 64.7 Å². The average Bonchev–Trinajstić information content (AvgIpc) is 3.18. The van der Waals surface area contributed by atoms with Gasteiger partial charge in [0.25, 0.3) is 5.91 Å². The summed E-state index contributed by atoms with van der Waals surface area (Å²) in [6.07, 6.45) is 4.85. The lowest BCUT2D eigenvalue weighted by atomic mass is 10.0. The average molecular weight is 489 g/mol. The van der Waals surface area contributed by atoms with Gasteiger partial charge < -0.3 is 9.32 Å². The molecule has 3 heterocycles. The second-order valence-corrected chi connectivity index (χ2v) is 11.7. The van der Waals surface area contributed by atoms with Crippen LogP contribution in [0.2, 0.25) is 0 Å². The number of amides is 1. The summed E-state index contributed by atoms with van der Waals surface area (Å²) >= 11 is 1.63. The van der Waals surface area contributed by atoms with E-state index >= 15 is 0 Å². The van der Waals surface area contributed by atoms with Crippen LogP contribution in [0.15, 0.2) is 26.8 Å². The molecule has 1 fully saturated rings. The first-order valence-electron chi connectivity index (χ1n) is 11.6. The van der Waals surface area contributed by atoms with Crippen LogP contribution in [0.5, 0.6) is 0 Å². The van der Waals surface area contributed by atoms with E-state index in [1.54, 1.807) is 18.3 Å². The highest BCUT2D eigenvalue weighted by Crippen LogP contribution is 2.35. The third-order valence-corrected chi connectivity index (χ3v) is 9.36. The van der Waals surface area contributed by atoms with Crippen molar-refractivity contribution in [2.75, 3.05) is 19.6 Å².